The minimum Gasteiger partial charge on any atom is -0.435 e. The molecule has 0 spiro atoms. The molecule has 1 N–H and O–H groups in total. The first-order valence-electron chi connectivity index (χ1n) is 9.98. The topological polar surface area (TPSA) is 44.8 Å². The van der Waals surface area contributed by atoms with E-state index in [0.717, 1.165) is 36.6 Å². The van der Waals surface area contributed by atoms with Gasteiger partial charge in [0, 0.05) is 37.7 Å². The van der Waals surface area contributed by atoms with Gasteiger partial charge in [-0.1, -0.05) is 35.9 Å². The average molecular weight is 438 g/mol. The Balaban J connectivity index is 1.49. The van der Waals surface area contributed by atoms with Crippen molar-refractivity contribution in [3.05, 3.63) is 64.7 Å². The highest BCUT2D eigenvalue weighted by Crippen LogP contribution is 2.20. The lowest BCUT2D eigenvalue weighted by atomic mass is 10.1. The van der Waals surface area contributed by atoms with Gasteiger partial charge in [0.1, 0.15) is 5.75 Å². The Hall–Kier alpha value is -2.38. The molecule has 1 saturated heterocycles. The standard InChI is InChI=1S/C22H26ClF2N3O2/c1-16(18-5-9-20(10-6-18)30-21(24)25)26-22(29)28-12-2-11-27(13-14-28)15-17-3-7-19(23)8-4-17/h3-10,16,21H,2,11-15H2,1H3,(H,26,29). The molecule has 0 bridgehead atoms. The highest BCUT2D eigenvalue weighted by atomic mass is 35.5. The van der Waals surface area contributed by atoms with Crippen molar-refractivity contribution >= 4 is 17.6 Å². The fraction of sp³-hybridized carbons (Fsp3) is 0.409. The number of hydrogen-bond acceptors (Lipinski definition) is 3. The third-order valence-electron chi connectivity index (χ3n) is 5.14. The molecule has 2 amide bonds. The molecule has 1 heterocycles. The Kier molecular flexibility index (Phi) is 7.87. The van der Waals surface area contributed by atoms with Crippen molar-refractivity contribution in [1.29, 1.82) is 0 Å². The normalized spacial score (nSPS) is 16.2. The van der Waals surface area contributed by atoms with Gasteiger partial charge in [0.05, 0.1) is 6.04 Å². The molecule has 2 aromatic rings. The van der Waals surface area contributed by atoms with E-state index in [0.29, 0.717) is 13.1 Å². The first kappa shape index (κ1) is 22.3. The summed E-state index contributed by atoms with van der Waals surface area (Å²) in [6.45, 7) is 2.90. The molecule has 30 heavy (non-hydrogen) atoms. The molecular weight excluding hydrogens is 412 g/mol. The van der Waals surface area contributed by atoms with E-state index in [1.807, 2.05) is 36.1 Å². The van der Waals surface area contributed by atoms with Crippen molar-refractivity contribution in [3.8, 4) is 5.75 Å². The molecule has 0 saturated carbocycles. The van der Waals surface area contributed by atoms with Gasteiger partial charge >= 0.3 is 12.6 Å². The number of carbonyl (C=O) groups is 1. The van der Waals surface area contributed by atoms with Gasteiger partial charge in [-0.25, -0.2) is 4.79 Å². The van der Waals surface area contributed by atoms with Crippen molar-refractivity contribution in [2.45, 2.75) is 32.5 Å². The van der Waals surface area contributed by atoms with Gasteiger partial charge < -0.3 is 15.0 Å². The summed E-state index contributed by atoms with van der Waals surface area (Å²) < 4.78 is 28.9. The number of ether oxygens (including phenoxy) is 1. The third kappa shape index (κ3) is 6.57. The van der Waals surface area contributed by atoms with Crippen LogP contribution in [0, 0.1) is 0 Å². The van der Waals surface area contributed by atoms with Crippen LogP contribution in [0.25, 0.3) is 0 Å². The van der Waals surface area contributed by atoms with Gasteiger partial charge in [-0.2, -0.15) is 8.78 Å². The summed E-state index contributed by atoms with van der Waals surface area (Å²) in [5.74, 6) is 0.0978. The van der Waals surface area contributed by atoms with Crippen molar-refractivity contribution in [3.63, 3.8) is 0 Å². The van der Waals surface area contributed by atoms with Crippen LogP contribution in [-0.4, -0.2) is 48.6 Å². The molecule has 1 unspecified atom stereocenters. The van der Waals surface area contributed by atoms with Crippen LogP contribution in [-0.2, 0) is 6.54 Å². The number of alkyl halides is 2. The van der Waals surface area contributed by atoms with Crippen molar-refractivity contribution in [2.75, 3.05) is 26.2 Å². The maximum Gasteiger partial charge on any atom is 0.387 e. The Labute approximate surface area is 180 Å². The number of halogens is 3. The predicted molar refractivity (Wildman–Crippen MR) is 113 cm³/mol. The molecule has 0 aliphatic carbocycles. The van der Waals surface area contributed by atoms with Crippen LogP contribution in [0.5, 0.6) is 5.75 Å². The Bertz CT molecular complexity index is 818. The zero-order chi connectivity index (χ0) is 21.5. The van der Waals surface area contributed by atoms with Crippen LogP contribution in [0.2, 0.25) is 5.02 Å². The number of nitrogens with zero attached hydrogens (tertiary/aromatic N) is 2. The summed E-state index contributed by atoms with van der Waals surface area (Å²) in [5, 5.41) is 3.71. The fourth-order valence-electron chi connectivity index (χ4n) is 3.48. The molecule has 0 aromatic heterocycles. The molecule has 5 nitrogen and oxygen atoms in total. The zero-order valence-corrected chi connectivity index (χ0v) is 17.6. The van der Waals surface area contributed by atoms with Gasteiger partial charge in [0.25, 0.3) is 0 Å². The van der Waals surface area contributed by atoms with Crippen LogP contribution < -0.4 is 10.1 Å². The van der Waals surface area contributed by atoms with Crippen molar-refractivity contribution < 1.29 is 18.3 Å². The quantitative estimate of drug-likeness (QED) is 0.697. The first-order chi connectivity index (χ1) is 14.4. The second kappa shape index (κ2) is 10.6. The van der Waals surface area contributed by atoms with E-state index in [4.69, 9.17) is 11.6 Å². The lowest BCUT2D eigenvalue weighted by Gasteiger charge is -2.24. The summed E-state index contributed by atoms with van der Waals surface area (Å²) in [6, 6.07) is 13.8. The number of nitrogens with one attached hydrogen (secondary N) is 1. The van der Waals surface area contributed by atoms with E-state index in [9.17, 15) is 13.6 Å². The van der Waals surface area contributed by atoms with Gasteiger partial charge in [0.2, 0.25) is 0 Å². The Morgan fingerprint density at radius 1 is 1.07 bits per heavy atom. The summed E-state index contributed by atoms with van der Waals surface area (Å²) in [5.41, 5.74) is 2.02. The molecule has 2 aromatic carbocycles. The fourth-order valence-corrected chi connectivity index (χ4v) is 3.60. The molecule has 1 aliphatic heterocycles. The van der Waals surface area contributed by atoms with E-state index in [1.165, 1.54) is 17.7 Å². The van der Waals surface area contributed by atoms with Gasteiger partial charge in [0.15, 0.2) is 0 Å². The minimum atomic E-state index is -2.85. The van der Waals surface area contributed by atoms with Crippen LogP contribution in [0.3, 0.4) is 0 Å². The van der Waals surface area contributed by atoms with Crippen LogP contribution in [0.1, 0.15) is 30.5 Å². The van der Waals surface area contributed by atoms with Crippen LogP contribution in [0.4, 0.5) is 13.6 Å². The molecule has 3 rings (SSSR count). The number of urea groups is 1. The predicted octanol–water partition coefficient (Wildman–Crippen LogP) is 4.92. The van der Waals surface area contributed by atoms with Crippen LogP contribution >= 0.6 is 11.6 Å². The molecule has 1 fully saturated rings. The lowest BCUT2D eigenvalue weighted by Crippen LogP contribution is -2.42. The largest absolute Gasteiger partial charge is 0.435 e. The number of rotatable bonds is 6. The molecule has 8 heteroatoms. The maximum absolute atomic E-state index is 12.7. The van der Waals surface area contributed by atoms with E-state index in [-0.39, 0.29) is 17.8 Å². The number of amides is 2. The second-order valence-corrected chi connectivity index (χ2v) is 7.80. The van der Waals surface area contributed by atoms with E-state index in [1.54, 1.807) is 12.1 Å². The van der Waals surface area contributed by atoms with Gasteiger partial charge in [-0.05, 0) is 48.7 Å². The lowest BCUT2D eigenvalue weighted by molar-refractivity contribution is -0.0498. The Morgan fingerprint density at radius 3 is 2.43 bits per heavy atom. The van der Waals surface area contributed by atoms with E-state index < -0.39 is 6.61 Å². The minimum absolute atomic E-state index is 0.0978. The molecule has 0 radical (unpaired) electrons. The summed E-state index contributed by atoms with van der Waals surface area (Å²) in [7, 11) is 0. The molecular formula is C22H26ClF2N3O2. The third-order valence-corrected chi connectivity index (χ3v) is 5.39. The van der Waals surface area contributed by atoms with Crippen molar-refractivity contribution in [1.82, 2.24) is 15.1 Å². The highest BCUT2D eigenvalue weighted by molar-refractivity contribution is 6.30. The maximum atomic E-state index is 12.7. The summed E-state index contributed by atoms with van der Waals surface area (Å²) in [6.07, 6.45) is 0.898. The summed E-state index contributed by atoms with van der Waals surface area (Å²) in [4.78, 5) is 16.9. The Morgan fingerprint density at radius 2 is 1.77 bits per heavy atom. The molecule has 162 valence electrons. The number of hydrogen-bond donors (Lipinski definition) is 1. The van der Waals surface area contributed by atoms with Crippen LogP contribution in [0.15, 0.2) is 48.5 Å². The SMILES string of the molecule is CC(NC(=O)N1CCCN(Cc2ccc(Cl)cc2)CC1)c1ccc(OC(F)F)cc1. The molecule has 1 atom stereocenters. The smallest absolute Gasteiger partial charge is 0.387 e. The first-order valence-corrected chi connectivity index (χ1v) is 10.4. The monoisotopic (exact) mass is 437 g/mol. The van der Waals surface area contributed by atoms with Crippen molar-refractivity contribution in [2.24, 2.45) is 0 Å². The number of carbonyl (C=O) groups excluding carboxylic acids is 1. The summed E-state index contributed by atoms with van der Waals surface area (Å²) >= 11 is 5.95. The second-order valence-electron chi connectivity index (χ2n) is 7.36. The molecule has 1 aliphatic rings. The zero-order valence-electron chi connectivity index (χ0n) is 16.9. The van der Waals surface area contributed by atoms with E-state index >= 15 is 0 Å². The highest BCUT2D eigenvalue weighted by Gasteiger charge is 2.21. The number of benzene rings is 2. The van der Waals surface area contributed by atoms with E-state index in [2.05, 4.69) is 15.0 Å². The average Bonchev–Trinajstić information content (AvgIpc) is 2.95. The van der Waals surface area contributed by atoms with Gasteiger partial charge in [-0.3, -0.25) is 4.90 Å². The van der Waals surface area contributed by atoms with Gasteiger partial charge in [-0.15, -0.1) is 0 Å².